The lowest BCUT2D eigenvalue weighted by Crippen LogP contribution is -2.52. The maximum atomic E-state index is 3.45. The van der Waals surface area contributed by atoms with Crippen LogP contribution in [-0.4, -0.2) is 61.2 Å². The first-order chi connectivity index (χ1) is 8.86. The lowest BCUT2D eigenvalue weighted by Gasteiger charge is -2.40. The minimum Gasteiger partial charge on any atom is -0.317 e. The van der Waals surface area contributed by atoms with Crippen molar-refractivity contribution in [2.24, 2.45) is 0 Å². The molecule has 2 atom stereocenters. The molecular formula is C15H29N3. The Morgan fingerprint density at radius 2 is 1.39 bits per heavy atom. The molecule has 104 valence electrons. The van der Waals surface area contributed by atoms with Crippen LogP contribution in [0.1, 0.15) is 44.9 Å². The predicted octanol–water partition coefficient (Wildman–Crippen LogP) is 1.69. The van der Waals surface area contributed by atoms with Crippen molar-refractivity contribution in [2.75, 3.05) is 33.2 Å². The zero-order valence-electron chi connectivity index (χ0n) is 11.9. The molecule has 3 aliphatic rings. The number of nitrogens with one attached hydrogen (secondary N) is 1. The summed E-state index contributed by atoms with van der Waals surface area (Å²) in [7, 11) is 2.12. The van der Waals surface area contributed by atoms with Gasteiger partial charge in [0.15, 0.2) is 0 Å². The average Bonchev–Trinajstić information content (AvgIpc) is 3.10. The van der Waals surface area contributed by atoms with Crippen molar-refractivity contribution < 1.29 is 0 Å². The molecule has 2 aliphatic carbocycles. The number of rotatable bonds is 3. The molecule has 18 heavy (non-hydrogen) atoms. The van der Waals surface area contributed by atoms with Crippen LogP contribution in [0.15, 0.2) is 0 Å². The van der Waals surface area contributed by atoms with E-state index in [-0.39, 0.29) is 0 Å². The summed E-state index contributed by atoms with van der Waals surface area (Å²) in [4.78, 5) is 5.54. The van der Waals surface area contributed by atoms with Crippen molar-refractivity contribution in [3.63, 3.8) is 0 Å². The van der Waals surface area contributed by atoms with Gasteiger partial charge < -0.3 is 5.32 Å². The highest BCUT2D eigenvalue weighted by molar-refractivity contribution is 4.89. The summed E-state index contributed by atoms with van der Waals surface area (Å²) in [6.07, 6.45) is 10.0. The zero-order chi connectivity index (χ0) is 12.4. The highest BCUT2D eigenvalue weighted by Crippen LogP contribution is 2.28. The van der Waals surface area contributed by atoms with E-state index in [4.69, 9.17) is 0 Å². The van der Waals surface area contributed by atoms with Crippen molar-refractivity contribution in [1.82, 2.24) is 15.1 Å². The Morgan fingerprint density at radius 3 is 1.94 bits per heavy atom. The van der Waals surface area contributed by atoms with Crippen LogP contribution in [0, 0.1) is 0 Å². The smallest absolute Gasteiger partial charge is 0.0113 e. The summed E-state index contributed by atoms with van der Waals surface area (Å²) in [6.45, 7) is 5.28. The maximum absolute atomic E-state index is 3.45. The van der Waals surface area contributed by atoms with Gasteiger partial charge in [0.2, 0.25) is 0 Å². The Morgan fingerprint density at radius 1 is 0.778 bits per heavy atom. The normalized spacial score (nSPS) is 36.5. The topological polar surface area (TPSA) is 18.5 Å². The molecule has 0 aromatic carbocycles. The monoisotopic (exact) mass is 251 g/mol. The number of hydrogen-bond acceptors (Lipinski definition) is 3. The summed E-state index contributed by atoms with van der Waals surface area (Å²) < 4.78 is 0. The fourth-order valence-corrected chi connectivity index (χ4v) is 4.29. The average molecular weight is 251 g/mol. The van der Waals surface area contributed by atoms with E-state index in [0.29, 0.717) is 0 Å². The van der Waals surface area contributed by atoms with Crippen molar-refractivity contribution in [3.8, 4) is 0 Å². The molecule has 3 heteroatoms. The first-order valence-electron chi connectivity index (χ1n) is 8.02. The molecule has 2 unspecified atom stereocenters. The largest absolute Gasteiger partial charge is 0.317 e. The van der Waals surface area contributed by atoms with Gasteiger partial charge in [-0.05, 0) is 39.2 Å². The molecule has 2 saturated carbocycles. The molecule has 0 amide bonds. The van der Waals surface area contributed by atoms with Crippen LogP contribution in [0.3, 0.4) is 0 Å². The van der Waals surface area contributed by atoms with Crippen LogP contribution in [0.25, 0.3) is 0 Å². The van der Waals surface area contributed by atoms with Gasteiger partial charge in [-0.2, -0.15) is 0 Å². The third-order valence-corrected chi connectivity index (χ3v) is 5.52. The third kappa shape index (κ3) is 2.73. The molecule has 1 aliphatic heterocycles. The Balaban J connectivity index is 1.45. The standard InChI is InChI=1S/C15H29N3/c1-16-13-6-7-15(12-13)18-10-8-17(9-11-18)14-4-2-3-5-14/h13-16H,2-12H2,1H3. The van der Waals surface area contributed by atoms with Crippen molar-refractivity contribution in [1.29, 1.82) is 0 Å². The Kier molecular flexibility index (Phi) is 4.22. The van der Waals surface area contributed by atoms with E-state index < -0.39 is 0 Å². The van der Waals surface area contributed by atoms with Crippen molar-refractivity contribution in [2.45, 2.75) is 63.1 Å². The van der Waals surface area contributed by atoms with Gasteiger partial charge >= 0.3 is 0 Å². The molecule has 3 rings (SSSR count). The van der Waals surface area contributed by atoms with Crippen molar-refractivity contribution in [3.05, 3.63) is 0 Å². The second kappa shape index (κ2) is 5.89. The van der Waals surface area contributed by atoms with Gasteiger partial charge in [0, 0.05) is 44.3 Å². The highest BCUT2D eigenvalue weighted by atomic mass is 15.3. The van der Waals surface area contributed by atoms with Gasteiger partial charge in [0.25, 0.3) is 0 Å². The molecule has 1 N–H and O–H groups in total. The highest BCUT2D eigenvalue weighted by Gasteiger charge is 2.32. The van der Waals surface area contributed by atoms with Crippen LogP contribution in [0.4, 0.5) is 0 Å². The zero-order valence-corrected chi connectivity index (χ0v) is 11.9. The van der Waals surface area contributed by atoms with E-state index in [9.17, 15) is 0 Å². The van der Waals surface area contributed by atoms with Crippen LogP contribution >= 0.6 is 0 Å². The quantitative estimate of drug-likeness (QED) is 0.823. The van der Waals surface area contributed by atoms with Gasteiger partial charge in [-0.25, -0.2) is 0 Å². The van der Waals surface area contributed by atoms with Crippen LogP contribution in [-0.2, 0) is 0 Å². The molecule has 3 nitrogen and oxygen atoms in total. The van der Waals surface area contributed by atoms with E-state index in [1.165, 1.54) is 71.1 Å². The molecule has 0 radical (unpaired) electrons. The molecule has 3 fully saturated rings. The minimum absolute atomic E-state index is 0.780. The van der Waals surface area contributed by atoms with Gasteiger partial charge in [-0.3, -0.25) is 9.80 Å². The fraction of sp³-hybridized carbons (Fsp3) is 1.00. The summed E-state index contributed by atoms with van der Waals surface area (Å²) in [6, 6.07) is 2.58. The van der Waals surface area contributed by atoms with E-state index >= 15 is 0 Å². The Hall–Kier alpha value is -0.120. The van der Waals surface area contributed by atoms with E-state index in [1.807, 2.05) is 0 Å². The molecule has 1 heterocycles. The molecule has 1 saturated heterocycles. The molecule has 0 aromatic rings. The fourth-order valence-electron chi connectivity index (χ4n) is 4.29. The molecule has 0 spiro atoms. The summed E-state index contributed by atoms with van der Waals surface area (Å²) in [5, 5.41) is 3.45. The summed E-state index contributed by atoms with van der Waals surface area (Å²) in [5.74, 6) is 0. The number of hydrogen-bond donors (Lipinski definition) is 1. The lowest BCUT2D eigenvalue weighted by molar-refractivity contribution is 0.0714. The van der Waals surface area contributed by atoms with Crippen LogP contribution in [0.5, 0.6) is 0 Å². The predicted molar refractivity (Wildman–Crippen MR) is 75.9 cm³/mol. The second-order valence-corrected chi connectivity index (χ2v) is 6.46. The Bertz CT molecular complexity index is 254. The SMILES string of the molecule is CNC1CCC(N2CCN(C3CCCC3)CC2)C1. The van der Waals surface area contributed by atoms with Gasteiger partial charge in [-0.15, -0.1) is 0 Å². The number of piperazine rings is 1. The molecule has 0 bridgehead atoms. The lowest BCUT2D eigenvalue weighted by atomic mass is 10.1. The van der Waals surface area contributed by atoms with Crippen LogP contribution < -0.4 is 5.32 Å². The third-order valence-electron chi connectivity index (χ3n) is 5.52. The van der Waals surface area contributed by atoms with Crippen LogP contribution in [0.2, 0.25) is 0 Å². The molecular weight excluding hydrogens is 222 g/mol. The van der Waals surface area contributed by atoms with Gasteiger partial charge in [0.1, 0.15) is 0 Å². The first-order valence-corrected chi connectivity index (χ1v) is 8.02. The minimum atomic E-state index is 0.780. The van der Waals surface area contributed by atoms with E-state index in [2.05, 4.69) is 22.2 Å². The molecule has 0 aromatic heterocycles. The van der Waals surface area contributed by atoms with E-state index in [1.54, 1.807) is 0 Å². The second-order valence-electron chi connectivity index (χ2n) is 6.46. The van der Waals surface area contributed by atoms with E-state index in [0.717, 1.165) is 18.1 Å². The van der Waals surface area contributed by atoms with Gasteiger partial charge in [0.05, 0.1) is 0 Å². The Labute approximate surface area is 112 Å². The van der Waals surface area contributed by atoms with Gasteiger partial charge in [-0.1, -0.05) is 12.8 Å². The number of nitrogens with zero attached hydrogens (tertiary/aromatic N) is 2. The maximum Gasteiger partial charge on any atom is 0.0113 e. The first kappa shape index (κ1) is 12.9. The summed E-state index contributed by atoms with van der Waals surface area (Å²) in [5.41, 5.74) is 0. The summed E-state index contributed by atoms with van der Waals surface area (Å²) >= 11 is 0. The van der Waals surface area contributed by atoms with Crippen molar-refractivity contribution >= 4 is 0 Å².